The van der Waals surface area contributed by atoms with Crippen LogP contribution in [0.2, 0.25) is 0 Å². The zero-order valence-corrected chi connectivity index (χ0v) is 16.2. The molecule has 1 aromatic rings. The van der Waals surface area contributed by atoms with E-state index in [2.05, 4.69) is 29.6 Å². The van der Waals surface area contributed by atoms with E-state index in [1.54, 1.807) is 0 Å². The van der Waals surface area contributed by atoms with Gasteiger partial charge in [0, 0.05) is 19.5 Å². The summed E-state index contributed by atoms with van der Waals surface area (Å²) < 4.78 is 0. The van der Waals surface area contributed by atoms with E-state index in [0.29, 0.717) is 19.5 Å². The Kier molecular flexibility index (Phi) is 6.00. The Bertz CT molecular complexity index is 645. The highest BCUT2D eigenvalue weighted by Crippen LogP contribution is 2.36. The Hall–Kier alpha value is -1.84. The van der Waals surface area contributed by atoms with Gasteiger partial charge in [-0.3, -0.25) is 9.59 Å². The standard InChI is InChI=1S/C22H32N2O2/c1-3-24(4-2)21(26)22(14-8-5-9-15-22)23-20(25)16-18-13-12-17-10-6-7-11-19(17)18/h6-7,10-11,18H,3-5,8-9,12-16H2,1-2H3,(H,23,25). The van der Waals surface area contributed by atoms with Crippen molar-refractivity contribution in [1.29, 1.82) is 0 Å². The van der Waals surface area contributed by atoms with Crippen LogP contribution in [-0.2, 0) is 16.0 Å². The van der Waals surface area contributed by atoms with Crippen LogP contribution in [0.1, 0.15) is 75.8 Å². The molecule has 0 saturated heterocycles. The van der Waals surface area contributed by atoms with Crippen LogP contribution >= 0.6 is 0 Å². The molecule has 0 bridgehead atoms. The fourth-order valence-corrected chi connectivity index (χ4v) is 4.76. The van der Waals surface area contributed by atoms with Crippen LogP contribution in [0.5, 0.6) is 0 Å². The maximum absolute atomic E-state index is 13.2. The maximum atomic E-state index is 13.2. The lowest BCUT2D eigenvalue weighted by Crippen LogP contribution is -2.60. The van der Waals surface area contributed by atoms with E-state index in [0.717, 1.165) is 44.9 Å². The predicted octanol–water partition coefficient (Wildman–Crippen LogP) is 3.79. The first-order valence-corrected chi connectivity index (χ1v) is 10.3. The number of fused-ring (bicyclic) bond motifs is 1. The van der Waals surface area contributed by atoms with Crippen molar-refractivity contribution in [2.75, 3.05) is 13.1 Å². The Morgan fingerprint density at radius 1 is 1.12 bits per heavy atom. The van der Waals surface area contributed by atoms with Crippen molar-refractivity contribution in [2.45, 2.75) is 76.7 Å². The van der Waals surface area contributed by atoms with E-state index in [9.17, 15) is 9.59 Å². The van der Waals surface area contributed by atoms with Crippen LogP contribution in [0.4, 0.5) is 0 Å². The molecule has 0 spiro atoms. The minimum absolute atomic E-state index is 0.0362. The molecule has 26 heavy (non-hydrogen) atoms. The third-order valence-electron chi connectivity index (χ3n) is 6.23. The summed E-state index contributed by atoms with van der Waals surface area (Å²) in [5.74, 6) is 0.437. The van der Waals surface area contributed by atoms with Crippen LogP contribution < -0.4 is 5.32 Å². The zero-order valence-electron chi connectivity index (χ0n) is 16.2. The number of likely N-dealkylation sites (N-methyl/N-ethyl adjacent to an activating group) is 1. The molecule has 1 N–H and O–H groups in total. The SMILES string of the molecule is CCN(CC)C(=O)C1(NC(=O)CC2CCc3ccccc32)CCCCC1. The second-order valence-corrected chi connectivity index (χ2v) is 7.81. The van der Waals surface area contributed by atoms with Crippen molar-refractivity contribution in [2.24, 2.45) is 0 Å². The summed E-state index contributed by atoms with van der Waals surface area (Å²) in [6, 6.07) is 8.44. The number of nitrogens with one attached hydrogen (secondary N) is 1. The van der Waals surface area contributed by atoms with E-state index in [-0.39, 0.29) is 17.7 Å². The molecule has 1 saturated carbocycles. The molecule has 0 aromatic heterocycles. The molecule has 4 nitrogen and oxygen atoms in total. The Morgan fingerprint density at radius 2 is 1.81 bits per heavy atom. The van der Waals surface area contributed by atoms with Gasteiger partial charge < -0.3 is 10.2 Å². The number of rotatable bonds is 6. The topological polar surface area (TPSA) is 49.4 Å². The zero-order chi connectivity index (χ0) is 18.6. The van der Waals surface area contributed by atoms with Gasteiger partial charge in [0.15, 0.2) is 0 Å². The second kappa shape index (κ2) is 8.24. The average Bonchev–Trinajstić information content (AvgIpc) is 3.06. The van der Waals surface area contributed by atoms with Gasteiger partial charge >= 0.3 is 0 Å². The van der Waals surface area contributed by atoms with Crippen LogP contribution in [0, 0.1) is 0 Å². The molecule has 3 rings (SSSR count). The highest BCUT2D eigenvalue weighted by molar-refractivity contribution is 5.92. The molecule has 2 amide bonds. The number of carbonyl (C=O) groups excluding carboxylic acids is 2. The van der Waals surface area contributed by atoms with Gasteiger partial charge in [-0.1, -0.05) is 43.5 Å². The number of hydrogen-bond donors (Lipinski definition) is 1. The van der Waals surface area contributed by atoms with E-state index in [4.69, 9.17) is 0 Å². The predicted molar refractivity (Wildman–Crippen MR) is 104 cm³/mol. The molecular weight excluding hydrogens is 324 g/mol. The van der Waals surface area contributed by atoms with Gasteiger partial charge in [-0.2, -0.15) is 0 Å². The fraction of sp³-hybridized carbons (Fsp3) is 0.636. The molecule has 1 fully saturated rings. The van der Waals surface area contributed by atoms with Gasteiger partial charge in [0.2, 0.25) is 11.8 Å². The lowest BCUT2D eigenvalue weighted by atomic mass is 9.80. The van der Waals surface area contributed by atoms with Crippen molar-refractivity contribution in [3.8, 4) is 0 Å². The van der Waals surface area contributed by atoms with E-state index in [1.807, 2.05) is 18.7 Å². The average molecular weight is 357 g/mol. The minimum atomic E-state index is -0.681. The number of benzene rings is 1. The van der Waals surface area contributed by atoms with Crippen molar-refractivity contribution >= 4 is 11.8 Å². The highest BCUT2D eigenvalue weighted by Gasteiger charge is 2.43. The third-order valence-corrected chi connectivity index (χ3v) is 6.23. The summed E-state index contributed by atoms with van der Waals surface area (Å²) in [7, 11) is 0. The van der Waals surface area contributed by atoms with Gasteiger partial charge in [0.25, 0.3) is 0 Å². The molecule has 2 aliphatic carbocycles. The lowest BCUT2D eigenvalue weighted by Gasteiger charge is -2.40. The highest BCUT2D eigenvalue weighted by atomic mass is 16.2. The number of nitrogens with zero attached hydrogens (tertiary/aromatic N) is 1. The normalized spacial score (nSPS) is 21.1. The third kappa shape index (κ3) is 3.79. The summed E-state index contributed by atoms with van der Waals surface area (Å²) in [6.45, 7) is 5.41. The molecule has 0 radical (unpaired) electrons. The molecule has 2 aliphatic rings. The largest absolute Gasteiger partial charge is 0.342 e. The molecule has 1 aromatic carbocycles. The molecular formula is C22H32N2O2. The van der Waals surface area contributed by atoms with Crippen molar-refractivity contribution in [1.82, 2.24) is 10.2 Å². The van der Waals surface area contributed by atoms with E-state index < -0.39 is 5.54 Å². The van der Waals surface area contributed by atoms with Crippen molar-refractivity contribution < 1.29 is 9.59 Å². The van der Waals surface area contributed by atoms with Crippen molar-refractivity contribution in [3.05, 3.63) is 35.4 Å². The smallest absolute Gasteiger partial charge is 0.248 e. The van der Waals surface area contributed by atoms with Gasteiger partial charge in [-0.25, -0.2) is 0 Å². The summed E-state index contributed by atoms with van der Waals surface area (Å²) in [5.41, 5.74) is 2.01. The minimum Gasteiger partial charge on any atom is -0.342 e. The molecule has 0 heterocycles. The monoisotopic (exact) mass is 356 g/mol. The summed E-state index contributed by atoms with van der Waals surface area (Å²) in [4.78, 5) is 27.9. The first-order valence-electron chi connectivity index (χ1n) is 10.3. The Morgan fingerprint density at radius 3 is 2.50 bits per heavy atom. The molecule has 142 valence electrons. The quantitative estimate of drug-likeness (QED) is 0.843. The summed E-state index contributed by atoms with van der Waals surface area (Å²) in [6.07, 6.45) is 7.30. The summed E-state index contributed by atoms with van der Waals surface area (Å²) >= 11 is 0. The Labute approximate surface area is 157 Å². The van der Waals surface area contributed by atoms with Gasteiger partial charge in [0.1, 0.15) is 5.54 Å². The molecule has 1 atom stereocenters. The number of hydrogen-bond acceptors (Lipinski definition) is 2. The van der Waals surface area contributed by atoms with E-state index >= 15 is 0 Å². The molecule has 1 unspecified atom stereocenters. The summed E-state index contributed by atoms with van der Waals surface area (Å²) in [5, 5.41) is 3.21. The molecule has 0 aliphatic heterocycles. The first-order chi connectivity index (χ1) is 12.6. The van der Waals surface area contributed by atoms with Crippen LogP contribution in [0.15, 0.2) is 24.3 Å². The lowest BCUT2D eigenvalue weighted by molar-refractivity contribution is -0.143. The van der Waals surface area contributed by atoms with E-state index in [1.165, 1.54) is 11.1 Å². The number of aryl methyl sites for hydroxylation is 1. The molecule has 4 heteroatoms. The first kappa shape index (κ1) is 18.9. The van der Waals surface area contributed by atoms with Gasteiger partial charge in [0.05, 0.1) is 0 Å². The van der Waals surface area contributed by atoms with Gasteiger partial charge in [-0.05, 0) is 56.6 Å². The number of carbonyl (C=O) groups is 2. The van der Waals surface area contributed by atoms with Crippen LogP contribution in [0.25, 0.3) is 0 Å². The number of amides is 2. The van der Waals surface area contributed by atoms with Gasteiger partial charge in [-0.15, -0.1) is 0 Å². The second-order valence-electron chi connectivity index (χ2n) is 7.81. The van der Waals surface area contributed by atoms with Crippen LogP contribution in [0.3, 0.4) is 0 Å². The fourth-order valence-electron chi connectivity index (χ4n) is 4.76. The van der Waals surface area contributed by atoms with Crippen LogP contribution in [-0.4, -0.2) is 35.3 Å². The Balaban J connectivity index is 1.71. The maximum Gasteiger partial charge on any atom is 0.248 e. The van der Waals surface area contributed by atoms with Crippen molar-refractivity contribution in [3.63, 3.8) is 0 Å².